The topological polar surface area (TPSA) is 162 Å². The van der Waals surface area contributed by atoms with Gasteiger partial charge in [0.2, 0.25) is 5.91 Å². The first-order chi connectivity index (χ1) is 19.4. The van der Waals surface area contributed by atoms with Gasteiger partial charge in [-0.2, -0.15) is 0 Å². The summed E-state index contributed by atoms with van der Waals surface area (Å²) < 4.78 is 0. The molecule has 4 fully saturated rings. The van der Waals surface area contributed by atoms with Gasteiger partial charge in [0.1, 0.15) is 0 Å². The van der Waals surface area contributed by atoms with Crippen LogP contribution in [0.4, 0.5) is 5.69 Å². The minimum Gasteiger partial charge on any atom is -0.393 e. The summed E-state index contributed by atoms with van der Waals surface area (Å²) in [5, 5.41) is 44.3. The Morgan fingerprint density at radius 3 is 2.41 bits per heavy atom. The van der Waals surface area contributed by atoms with Crippen LogP contribution in [0.1, 0.15) is 88.9 Å². The van der Waals surface area contributed by atoms with Crippen molar-refractivity contribution in [1.82, 2.24) is 10.9 Å². The molecule has 0 unspecified atom stereocenters. The lowest BCUT2D eigenvalue weighted by Crippen LogP contribution is -2.62. The Kier molecular flexibility index (Phi) is 8.22. The number of carbonyl (C=O) groups is 2. The molecule has 0 radical (unpaired) electrons. The van der Waals surface area contributed by atoms with E-state index < -0.39 is 23.0 Å². The summed E-state index contributed by atoms with van der Waals surface area (Å²) in [5.74, 6) is 0.413. The number of nitro groups is 1. The number of non-ortho nitro benzene ring substituents is 1. The van der Waals surface area contributed by atoms with E-state index >= 15 is 0 Å². The van der Waals surface area contributed by atoms with Crippen molar-refractivity contribution < 1.29 is 29.8 Å². The van der Waals surface area contributed by atoms with E-state index in [0.29, 0.717) is 12.8 Å². The minimum atomic E-state index is -0.554. The molecule has 4 aliphatic carbocycles. The summed E-state index contributed by atoms with van der Waals surface area (Å²) >= 11 is 0. The number of rotatable bonds is 6. The molecule has 10 heteroatoms. The highest BCUT2D eigenvalue weighted by molar-refractivity contribution is 5.95. The number of hydrazine groups is 1. The fraction of sp³-hybridized carbons (Fsp3) is 0.742. The van der Waals surface area contributed by atoms with Crippen molar-refractivity contribution >= 4 is 17.5 Å². The van der Waals surface area contributed by atoms with Crippen LogP contribution in [0.25, 0.3) is 0 Å². The lowest BCUT2D eigenvalue weighted by molar-refractivity contribution is -0.384. The van der Waals surface area contributed by atoms with E-state index in [2.05, 4.69) is 31.6 Å². The number of nitrogens with one attached hydrogen (secondary N) is 2. The lowest BCUT2D eigenvalue weighted by atomic mass is 9.43. The quantitative estimate of drug-likeness (QED) is 0.257. The molecule has 2 amide bonds. The lowest BCUT2D eigenvalue weighted by Gasteiger charge is -2.63. The molecule has 5 N–H and O–H groups in total. The van der Waals surface area contributed by atoms with E-state index in [-0.39, 0.29) is 76.0 Å². The molecule has 0 heterocycles. The summed E-state index contributed by atoms with van der Waals surface area (Å²) in [6.07, 6.45) is 5.42. The van der Waals surface area contributed by atoms with Gasteiger partial charge in [0.15, 0.2) is 0 Å². The van der Waals surface area contributed by atoms with Crippen LogP contribution < -0.4 is 10.9 Å². The van der Waals surface area contributed by atoms with E-state index in [0.717, 1.165) is 38.5 Å². The average molecular weight is 572 g/mol. The van der Waals surface area contributed by atoms with Gasteiger partial charge in [0.25, 0.3) is 11.6 Å². The van der Waals surface area contributed by atoms with Gasteiger partial charge in [-0.05, 0) is 110 Å². The van der Waals surface area contributed by atoms with Crippen molar-refractivity contribution in [2.24, 2.45) is 46.3 Å². The van der Waals surface area contributed by atoms with Gasteiger partial charge >= 0.3 is 0 Å². The summed E-state index contributed by atoms with van der Waals surface area (Å²) in [7, 11) is 0. The third-order valence-electron chi connectivity index (χ3n) is 12.0. The third-order valence-corrected chi connectivity index (χ3v) is 12.0. The zero-order valence-electron chi connectivity index (χ0n) is 24.3. The molecule has 0 aromatic heterocycles. The standard InChI is InChI=1S/C31H45N3O7/c1-17(4-11-27(38)32-33-29(39)18-5-7-20(8-6-18)34(40)41)22-9-10-23-28-24(16-26(37)31(22,23)3)30(2)13-12-21(35)14-19(30)15-25(28)36/h5-8,17,19,21-26,28,35-37H,4,9-16H2,1-3H3,(H,32,38)(H,33,39)/t17-,19+,21-,22-,23+,24+,25-,26+,28+,30+,31-/m1/s1. The van der Waals surface area contributed by atoms with Gasteiger partial charge < -0.3 is 15.3 Å². The summed E-state index contributed by atoms with van der Waals surface area (Å²) in [5.41, 5.74) is 4.60. The van der Waals surface area contributed by atoms with Crippen LogP contribution in [0.2, 0.25) is 0 Å². The number of amides is 2. The van der Waals surface area contributed by atoms with Crippen LogP contribution in [0.5, 0.6) is 0 Å². The molecule has 0 bridgehead atoms. The number of hydrogen-bond acceptors (Lipinski definition) is 7. The number of nitro benzene ring substituents is 1. The molecule has 4 aliphatic rings. The van der Waals surface area contributed by atoms with Crippen molar-refractivity contribution in [3.8, 4) is 0 Å². The van der Waals surface area contributed by atoms with Gasteiger partial charge in [0.05, 0.1) is 23.2 Å². The van der Waals surface area contributed by atoms with Gasteiger partial charge in [-0.3, -0.25) is 30.6 Å². The second-order valence-electron chi connectivity index (χ2n) is 13.8. The highest BCUT2D eigenvalue weighted by Crippen LogP contribution is 2.68. The number of hydrogen-bond donors (Lipinski definition) is 5. The third kappa shape index (κ3) is 5.27. The molecule has 1 aromatic carbocycles. The number of benzene rings is 1. The first kappa shape index (κ1) is 29.9. The van der Waals surface area contributed by atoms with Gasteiger partial charge in [-0.15, -0.1) is 0 Å². The minimum absolute atomic E-state index is 0.0339. The maximum atomic E-state index is 12.6. The molecule has 11 atom stereocenters. The molecular weight excluding hydrogens is 526 g/mol. The predicted octanol–water partition coefficient (Wildman–Crippen LogP) is 3.73. The fourth-order valence-electron chi connectivity index (χ4n) is 9.69. The second kappa shape index (κ2) is 11.3. The van der Waals surface area contributed by atoms with Crippen molar-refractivity contribution in [1.29, 1.82) is 0 Å². The number of fused-ring (bicyclic) bond motifs is 5. The van der Waals surface area contributed by atoms with Crippen molar-refractivity contribution in [3.05, 3.63) is 39.9 Å². The maximum Gasteiger partial charge on any atom is 0.269 e. The maximum absolute atomic E-state index is 12.6. The molecular formula is C31H45N3O7. The fourth-order valence-corrected chi connectivity index (χ4v) is 9.69. The number of carbonyl (C=O) groups excluding carboxylic acids is 2. The Morgan fingerprint density at radius 1 is 1.02 bits per heavy atom. The predicted molar refractivity (Wildman–Crippen MR) is 151 cm³/mol. The molecule has 0 aliphatic heterocycles. The summed E-state index contributed by atoms with van der Waals surface area (Å²) in [4.78, 5) is 35.2. The molecule has 41 heavy (non-hydrogen) atoms. The highest BCUT2D eigenvalue weighted by atomic mass is 16.6. The van der Waals surface area contributed by atoms with Crippen LogP contribution >= 0.6 is 0 Å². The monoisotopic (exact) mass is 571 g/mol. The van der Waals surface area contributed by atoms with E-state index in [9.17, 15) is 35.0 Å². The first-order valence-corrected chi connectivity index (χ1v) is 15.2. The number of aliphatic hydroxyl groups excluding tert-OH is 3. The molecule has 0 spiro atoms. The second-order valence-corrected chi connectivity index (χ2v) is 13.8. The summed E-state index contributed by atoms with van der Waals surface area (Å²) in [6, 6.07) is 5.14. The highest BCUT2D eigenvalue weighted by Gasteiger charge is 2.65. The average Bonchev–Trinajstić information content (AvgIpc) is 3.30. The molecule has 5 rings (SSSR count). The normalized spacial score (nSPS) is 40.4. The zero-order valence-corrected chi connectivity index (χ0v) is 24.3. The Balaban J connectivity index is 1.18. The number of aliphatic hydroxyl groups is 3. The molecule has 1 aromatic rings. The van der Waals surface area contributed by atoms with Gasteiger partial charge in [-0.1, -0.05) is 20.8 Å². The number of nitrogens with zero attached hydrogens (tertiary/aromatic N) is 1. The Labute approximate surface area is 241 Å². The van der Waals surface area contributed by atoms with Crippen molar-refractivity contribution in [2.45, 2.75) is 96.9 Å². The molecule has 10 nitrogen and oxygen atoms in total. The van der Waals surface area contributed by atoms with Crippen molar-refractivity contribution in [3.63, 3.8) is 0 Å². The van der Waals surface area contributed by atoms with Crippen molar-refractivity contribution in [2.75, 3.05) is 0 Å². The zero-order chi connectivity index (χ0) is 29.7. The van der Waals surface area contributed by atoms with E-state index in [1.807, 2.05) is 0 Å². The van der Waals surface area contributed by atoms with Crippen LogP contribution in [-0.2, 0) is 4.79 Å². The van der Waals surface area contributed by atoms with Gasteiger partial charge in [0, 0.05) is 24.1 Å². The molecule has 0 saturated heterocycles. The largest absolute Gasteiger partial charge is 0.393 e. The van der Waals surface area contributed by atoms with E-state index in [4.69, 9.17) is 0 Å². The van der Waals surface area contributed by atoms with Crippen LogP contribution in [-0.4, -0.2) is 50.4 Å². The van der Waals surface area contributed by atoms with E-state index in [1.54, 1.807) is 0 Å². The first-order valence-electron chi connectivity index (χ1n) is 15.2. The van der Waals surface area contributed by atoms with Gasteiger partial charge in [-0.25, -0.2) is 0 Å². The molecule has 226 valence electrons. The Bertz CT molecular complexity index is 1160. The molecule has 4 saturated carbocycles. The smallest absolute Gasteiger partial charge is 0.269 e. The summed E-state index contributed by atoms with van der Waals surface area (Å²) in [6.45, 7) is 6.66. The van der Waals surface area contributed by atoms with E-state index in [1.165, 1.54) is 24.3 Å². The Hall–Kier alpha value is -2.56. The SMILES string of the molecule is C[C@H](CCC(=O)NNC(=O)c1ccc([N+](=O)[O-])cc1)[C@H]1CC[C@H]2[C@@H]3[C@H](O)C[C@@H]4C[C@H](O)CC[C@]4(C)[C@H]3C[C@H](O)[C@]12C. The van der Waals surface area contributed by atoms with Crippen LogP contribution in [0, 0.1) is 56.5 Å². The Morgan fingerprint density at radius 2 is 1.73 bits per heavy atom. The van der Waals surface area contributed by atoms with Crippen LogP contribution in [0.3, 0.4) is 0 Å². The van der Waals surface area contributed by atoms with Crippen LogP contribution in [0.15, 0.2) is 24.3 Å².